The minimum absolute atomic E-state index is 0.0768. The molecule has 0 aliphatic carbocycles. The van der Waals surface area contributed by atoms with E-state index in [0.29, 0.717) is 11.1 Å². The Hall–Kier alpha value is -4.25. The first-order chi connectivity index (χ1) is 15.3. The molecule has 162 valence electrons. The van der Waals surface area contributed by atoms with Crippen molar-refractivity contribution in [3.63, 3.8) is 0 Å². The summed E-state index contributed by atoms with van der Waals surface area (Å²) < 4.78 is 40.4. The van der Waals surface area contributed by atoms with Gasteiger partial charge in [-0.1, -0.05) is 18.2 Å². The first-order valence-electron chi connectivity index (χ1n) is 9.12. The molecule has 0 saturated heterocycles. The minimum Gasteiger partial charge on any atom is -0.452 e. The topological polar surface area (TPSA) is 139 Å². The van der Waals surface area contributed by atoms with Crippen LogP contribution in [0.4, 0.5) is 5.69 Å². The summed E-state index contributed by atoms with van der Waals surface area (Å²) >= 11 is 0. The number of aromatic nitrogens is 1. The number of carbonyl (C=O) groups is 1. The van der Waals surface area contributed by atoms with Gasteiger partial charge in [-0.15, -0.1) is 0 Å². The van der Waals surface area contributed by atoms with Gasteiger partial charge in [0, 0.05) is 12.1 Å². The number of oxazole rings is 1. The quantitative estimate of drug-likeness (QED) is 0.176. The third kappa shape index (κ3) is 4.57. The minimum atomic E-state index is -4.30. The molecule has 11 heteroatoms. The van der Waals surface area contributed by atoms with E-state index < -0.39 is 21.0 Å². The lowest BCUT2D eigenvalue weighted by Crippen LogP contribution is -2.10. The van der Waals surface area contributed by atoms with Crippen LogP contribution in [0.3, 0.4) is 0 Å². The second kappa shape index (κ2) is 8.47. The van der Waals surface area contributed by atoms with E-state index >= 15 is 0 Å². The van der Waals surface area contributed by atoms with Gasteiger partial charge < -0.3 is 13.3 Å². The molecule has 0 spiro atoms. The number of fused-ring (bicyclic) bond motifs is 1. The van der Waals surface area contributed by atoms with Crippen LogP contribution < -0.4 is 4.18 Å². The van der Waals surface area contributed by atoms with Crippen molar-refractivity contribution in [2.24, 2.45) is 0 Å². The van der Waals surface area contributed by atoms with Gasteiger partial charge in [-0.25, -0.2) is 9.78 Å². The number of nitro benzene ring substituents is 1. The van der Waals surface area contributed by atoms with Crippen LogP contribution in [0, 0.1) is 10.1 Å². The predicted molar refractivity (Wildman–Crippen MR) is 110 cm³/mol. The van der Waals surface area contributed by atoms with Crippen LogP contribution in [-0.2, 0) is 21.5 Å². The summed E-state index contributed by atoms with van der Waals surface area (Å²) in [6, 6.07) is 16.8. The summed E-state index contributed by atoms with van der Waals surface area (Å²) in [6.07, 6.45) is 0. The fourth-order valence-electron chi connectivity index (χ4n) is 2.77. The molecule has 0 radical (unpaired) electrons. The van der Waals surface area contributed by atoms with Crippen molar-refractivity contribution in [3.05, 3.63) is 94.4 Å². The third-order valence-electron chi connectivity index (χ3n) is 4.28. The number of nitro groups is 1. The van der Waals surface area contributed by atoms with Gasteiger partial charge in [0.15, 0.2) is 12.2 Å². The Labute approximate surface area is 181 Å². The van der Waals surface area contributed by atoms with Crippen molar-refractivity contribution in [1.82, 2.24) is 4.98 Å². The molecule has 0 unspecified atom stereocenters. The Bertz CT molecular complexity index is 1380. The number of esters is 1. The number of nitrogens with zero attached hydrogens (tertiary/aromatic N) is 2. The van der Waals surface area contributed by atoms with E-state index in [4.69, 9.17) is 13.3 Å². The maximum atomic E-state index is 12.4. The van der Waals surface area contributed by atoms with Crippen molar-refractivity contribution in [2.45, 2.75) is 11.5 Å². The number of rotatable bonds is 7. The van der Waals surface area contributed by atoms with Gasteiger partial charge in [0.05, 0.1) is 10.5 Å². The lowest BCUT2D eigenvalue weighted by molar-refractivity contribution is -0.385. The third-order valence-corrected chi connectivity index (χ3v) is 5.52. The summed E-state index contributed by atoms with van der Waals surface area (Å²) in [7, 11) is -4.30. The van der Waals surface area contributed by atoms with Gasteiger partial charge in [0.1, 0.15) is 16.2 Å². The highest BCUT2D eigenvalue weighted by atomic mass is 32.2. The van der Waals surface area contributed by atoms with Crippen LogP contribution in [0.5, 0.6) is 5.75 Å². The van der Waals surface area contributed by atoms with Crippen LogP contribution in [0.15, 0.2) is 82.1 Å². The molecular weight excluding hydrogens is 440 g/mol. The largest absolute Gasteiger partial charge is 0.452 e. The van der Waals surface area contributed by atoms with E-state index in [1.54, 1.807) is 18.2 Å². The number of carbonyl (C=O) groups excluding carboxylic acids is 1. The van der Waals surface area contributed by atoms with Crippen molar-refractivity contribution < 1.29 is 31.5 Å². The van der Waals surface area contributed by atoms with Gasteiger partial charge in [-0.2, -0.15) is 8.42 Å². The Morgan fingerprint density at radius 3 is 2.50 bits per heavy atom. The predicted octanol–water partition coefficient (Wildman–Crippen LogP) is 3.86. The first-order valence-corrected chi connectivity index (χ1v) is 10.5. The van der Waals surface area contributed by atoms with Gasteiger partial charge in [0.25, 0.3) is 5.69 Å². The summed E-state index contributed by atoms with van der Waals surface area (Å²) in [5, 5.41) is 10.8. The monoisotopic (exact) mass is 454 g/mol. The Morgan fingerprint density at radius 2 is 1.78 bits per heavy atom. The molecular formula is C21H14N2O8S. The summed E-state index contributed by atoms with van der Waals surface area (Å²) in [6.45, 7) is -0.174. The average molecular weight is 454 g/mol. The molecule has 0 saturated carbocycles. The Kier molecular flexibility index (Phi) is 5.56. The zero-order valence-electron chi connectivity index (χ0n) is 16.2. The zero-order chi connectivity index (χ0) is 22.7. The van der Waals surface area contributed by atoms with Crippen LogP contribution in [0.2, 0.25) is 0 Å². The molecule has 0 aliphatic rings. The zero-order valence-corrected chi connectivity index (χ0v) is 17.0. The normalized spacial score (nSPS) is 11.2. The number of para-hydroxylation sites is 2. The SMILES string of the molecule is O=C(OCc1nc2ccccc2o1)c1ccc(OS(=O)(=O)c2cccc([N+](=O)[O-])c2)cc1. The molecule has 0 bridgehead atoms. The number of non-ortho nitro benzene ring substituents is 1. The van der Waals surface area contributed by atoms with Crippen molar-refractivity contribution in [3.8, 4) is 5.75 Å². The van der Waals surface area contributed by atoms with Crippen LogP contribution in [0.1, 0.15) is 16.2 Å². The lowest BCUT2D eigenvalue weighted by Gasteiger charge is -2.08. The van der Waals surface area contributed by atoms with Crippen molar-refractivity contribution in [1.29, 1.82) is 0 Å². The van der Waals surface area contributed by atoms with Gasteiger partial charge >= 0.3 is 16.1 Å². The second-order valence-corrected chi connectivity index (χ2v) is 8.01. The number of benzene rings is 3. The van der Waals surface area contributed by atoms with E-state index in [1.165, 1.54) is 42.5 Å². The molecule has 0 aliphatic heterocycles. The molecule has 0 amide bonds. The molecule has 1 heterocycles. The average Bonchev–Trinajstić information content (AvgIpc) is 3.21. The second-order valence-electron chi connectivity index (χ2n) is 6.47. The van der Waals surface area contributed by atoms with E-state index in [2.05, 4.69) is 4.98 Å². The standard InChI is InChI=1S/C21H14N2O8S/c24-21(29-13-20-22-18-6-1-2-7-19(18)30-20)14-8-10-16(11-9-14)31-32(27,28)17-5-3-4-15(12-17)23(25)26/h1-12H,13H2. The van der Waals surface area contributed by atoms with Gasteiger partial charge in [0.2, 0.25) is 5.89 Å². The maximum Gasteiger partial charge on any atom is 0.339 e. The highest BCUT2D eigenvalue weighted by molar-refractivity contribution is 7.87. The summed E-state index contributed by atoms with van der Waals surface area (Å²) in [4.78, 5) is 26.2. The number of ether oxygens (including phenoxy) is 1. The first kappa shape index (κ1) is 21.0. The molecule has 4 aromatic rings. The number of hydrogen-bond donors (Lipinski definition) is 0. The summed E-state index contributed by atoms with van der Waals surface area (Å²) in [5.74, 6) is -0.505. The molecule has 32 heavy (non-hydrogen) atoms. The Morgan fingerprint density at radius 1 is 1.03 bits per heavy atom. The molecule has 0 N–H and O–H groups in total. The van der Waals surface area contributed by atoms with Crippen molar-refractivity contribution in [2.75, 3.05) is 0 Å². The molecule has 10 nitrogen and oxygen atoms in total. The van der Waals surface area contributed by atoms with E-state index in [1.807, 2.05) is 6.07 Å². The fraction of sp³-hybridized carbons (Fsp3) is 0.0476. The van der Waals surface area contributed by atoms with Crippen molar-refractivity contribution >= 4 is 32.9 Å². The van der Waals surface area contributed by atoms with Gasteiger partial charge in [-0.3, -0.25) is 10.1 Å². The molecule has 0 atom stereocenters. The van der Waals surface area contributed by atoms with Gasteiger partial charge in [-0.05, 0) is 42.5 Å². The Balaban J connectivity index is 1.41. The van der Waals surface area contributed by atoms with Crippen LogP contribution >= 0.6 is 0 Å². The smallest absolute Gasteiger partial charge is 0.339 e. The fourth-order valence-corrected chi connectivity index (χ4v) is 3.74. The lowest BCUT2D eigenvalue weighted by atomic mass is 10.2. The number of hydrogen-bond acceptors (Lipinski definition) is 9. The molecule has 1 aromatic heterocycles. The summed E-state index contributed by atoms with van der Waals surface area (Å²) in [5.41, 5.74) is 0.989. The molecule has 3 aromatic carbocycles. The van der Waals surface area contributed by atoms with Crippen LogP contribution in [0.25, 0.3) is 11.1 Å². The maximum absolute atomic E-state index is 12.4. The highest BCUT2D eigenvalue weighted by Gasteiger charge is 2.20. The van der Waals surface area contributed by atoms with E-state index in [9.17, 15) is 23.3 Å². The van der Waals surface area contributed by atoms with E-state index in [0.717, 1.165) is 6.07 Å². The molecule has 4 rings (SSSR count). The van der Waals surface area contributed by atoms with E-state index in [-0.39, 0.29) is 34.4 Å². The highest BCUT2D eigenvalue weighted by Crippen LogP contribution is 2.23. The van der Waals surface area contributed by atoms with Crippen LogP contribution in [-0.4, -0.2) is 24.3 Å². The molecule has 0 fully saturated rings.